The van der Waals surface area contributed by atoms with Crippen LogP contribution >= 0.6 is 11.3 Å². The van der Waals surface area contributed by atoms with Gasteiger partial charge < -0.3 is 15.8 Å². The molecule has 1 fully saturated rings. The van der Waals surface area contributed by atoms with Gasteiger partial charge in [-0.05, 0) is 42.7 Å². The van der Waals surface area contributed by atoms with Crippen molar-refractivity contribution in [1.82, 2.24) is 4.98 Å². The molecule has 4 rings (SSSR count). The Kier molecular flexibility index (Phi) is 5.20. The number of aromatic nitrogens is 1. The average Bonchev–Trinajstić information content (AvgIpc) is 3.12. The fourth-order valence-corrected chi connectivity index (χ4v) is 4.43. The van der Waals surface area contributed by atoms with Crippen LogP contribution in [0.4, 0.5) is 5.69 Å². The highest BCUT2D eigenvalue weighted by Crippen LogP contribution is 2.31. The fourth-order valence-electron chi connectivity index (χ4n) is 3.43. The zero-order valence-electron chi connectivity index (χ0n) is 15.1. The van der Waals surface area contributed by atoms with Crippen molar-refractivity contribution in [3.05, 3.63) is 59.1 Å². The van der Waals surface area contributed by atoms with E-state index in [1.165, 1.54) is 10.3 Å². The Balaban J connectivity index is 1.43. The van der Waals surface area contributed by atoms with Crippen LogP contribution in [0.2, 0.25) is 0 Å². The van der Waals surface area contributed by atoms with E-state index in [4.69, 9.17) is 10.5 Å². The van der Waals surface area contributed by atoms with Gasteiger partial charge in [0.1, 0.15) is 0 Å². The maximum atomic E-state index is 12.7. The molecule has 6 heteroatoms. The number of rotatable bonds is 5. The van der Waals surface area contributed by atoms with Gasteiger partial charge in [0.15, 0.2) is 0 Å². The summed E-state index contributed by atoms with van der Waals surface area (Å²) in [5, 5.41) is 4.12. The standard InChI is InChI=1S/C21H23N3O2S/c22-14-21(9-11-26-12-10-21)20(25)23-16-7-5-15(6-8-16)13-19-24-17-3-1-2-4-18(17)27-19/h1-8H,9-14,22H2,(H,23,25). The monoisotopic (exact) mass is 381 g/mol. The van der Waals surface area contributed by atoms with Crippen LogP contribution in [0.25, 0.3) is 10.2 Å². The lowest BCUT2D eigenvalue weighted by Crippen LogP contribution is -2.46. The molecule has 0 bridgehead atoms. The van der Waals surface area contributed by atoms with Crippen molar-refractivity contribution >= 4 is 33.1 Å². The molecule has 1 aromatic heterocycles. The van der Waals surface area contributed by atoms with Crippen LogP contribution in [0.15, 0.2) is 48.5 Å². The van der Waals surface area contributed by atoms with E-state index in [0.29, 0.717) is 32.6 Å². The topological polar surface area (TPSA) is 77.2 Å². The van der Waals surface area contributed by atoms with Gasteiger partial charge in [-0.2, -0.15) is 0 Å². The third kappa shape index (κ3) is 3.88. The van der Waals surface area contributed by atoms with Crippen LogP contribution < -0.4 is 11.1 Å². The van der Waals surface area contributed by atoms with Crippen molar-refractivity contribution in [2.45, 2.75) is 19.3 Å². The number of amides is 1. The number of nitrogens with zero attached hydrogens (tertiary/aromatic N) is 1. The molecule has 5 nitrogen and oxygen atoms in total. The maximum absolute atomic E-state index is 12.7. The van der Waals surface area contributed by atoms with Crippen molar-refractivity contribution < 1.29 is 9.53 Å². The minimum atomic E-state index is -0.516. The quantitative estimate of drug-likeness (QED) is 0.708. The third-order valence-electron chi connectivity index (χ3n) is 5.23. The smallest absolute Gasteiger partial charge is 0.232 e. The molecule has 0 unspecified atom stereocenters. The average molecular weight is 382 g/mol. The van der Waals surface area contributed by atoms with E-state index in [0.717, 1.165) is 22.6 Å². The zero-order chi connectivity index (χ0) is 18.7. The first kappa shape index (κ1) is 18.1. The molecule has 0 aliphatic carbocycles. The number of benzene rings is 2. The lowest BCUT2D eigenvalue weighted by molar-refractivity contribution is -0.130. The number of nitrogens with one attached hydrogen (secondary N) is 1. The van der Waals surface area contributed by atoms with Crippen LogP contribution in [0.3, 0.4) is 0 Å². The van der Waals surface area contributed by atoms with E-state index < -0.39 is 5.41 Å². The van der Waals surface area contributed by atoms with E-state index in [9.17, 15) is 4.79 Å². The first-order valence-electron chi connectivity index (χ1n) is 9.21. The molecular formula is C21H23N3O2S. The van der Waals surface area contributed by atoms with Gasteiger partial charge >= 0.3 is 0 Å². The van der Waals surface area contributed by atoms with Crippen LogP contribution in [-0.4, -0.2) is 30.6 Å². The molecule has 3 N–H and O–H groups in total. The van der Waals surface area contributed by atoms with Crippen LogP contribution in [0.5, 0.6) is 0 Å². The number of para-hydroxylation sites is 1. The predicted molar refractivity (Wildman–Crippen MR) is 109 cm³/mol. The molecule has 0 saturated carbocycles. The second kappa shape index (κ2) is 7.76. The molecule has 1 aliphatic rings. The summed E-state index contributed by atoms with van der Waals surface area (Å²) in [6, 6.07) is 16.2. The second-order valence-electron chi connectivity index (χ2n) is 7.00. The SMILES string of the molecule is NCC1(C(=O)Nc2ccc(Cc3nc4ccccc4s3)cc2)CCOCC1. The number of hydrogen-bond donors (Lipinski definition) is 2. The van der Waals surface area contributed by atoms with Gasteiger partial charge in [0.25, 0.3) is 0 Å². The number of ether oxygens (including phenoxy) is 1. The van der Waals surface area contributed by atoms with Crippen molar-refractivity contribution in [2.24, 2.45) is 11.1 Å². The Morgan fingerprint density at radius 3 is 2.59 bits per heavy atom. The molecule has 0 atom stereocenters. The number of thiazole rings is 1. The Morgan fingerprint density at radius 1 is 1.15 bits per heavy atom. The van der Waals surface area contributed by atoms with Gasteiger partial charge in [0.05, 0.1) is 20.6 Å². The summed E-state index contributed by atoms with van der Waals surface area (Å²) in [7, 11) is 0. The fraction of sp³-hybridized carbons (Fsp3) is 0.333. The third-order valence-corrected chi connectivity index (χ3v) is 6.26. The van der Waals surface area contributed by atoms with E-state index in [2.05, 4.69) is 16.4 Å². The summed E-state index contributed by atoms with van der Waals surface area (Å²) >= 11 is 1.72. The number of fused-ring (bicyclic) bond motifs is 1. The molecule has 27 heavy (non-hydrogen) atoms. The summed E-state index contributed by atoms with van der Waals surface area (Å²) in [5.74, 6) is -0.00720. The number of carbonyl (C=O) groups excluding carboxylic acids is 1. The Bertz CT molecular complexity index is 897. The zero-order valence-corrected chi connectivity index (χ0v) is 15.9. The van der Waals surface area contributed by atoms with E-state index in [1.54, 1.807) is 11.3 Å². The van der Waals surface area contributed by atoms with Crippen LogP contribution in [0, 0.1) is 5.41 Å². The van der Waals surface area contributed by atoms with E-state index >= 15 is 0 Å². The van der Waals surface area contributed by atoms with Gasteiger partial charge in [0, 0.05) is 31.9 Å². The lowest BCUT2D eigenvalue weighted by atomic mass is 9.79. The van der Waals surface area contributed by atoms with Gasteiger partial charge in [0.2, 0.25) is 5.91 Å². The molecule has 140 valence electrons. The van der Waals surface area contributed by atoms with Crippen molar-refractivity contribution in [3.8, 4) is 0 Å². The van der Waals surface area contributed by atoms with Crippen molar-refractivity contribution in [3.63, 3.8) is 0 Å². The summed E-state index contributed by atoms with van der Waals surface area (Å²) < 4.78 is 6.59. The summed E-state index contributed by atoms with van der Waals surface area (Å²) in [5.41, 5.74) is 8.41. The number of hydrogen-bond acceptors (Lipinski definition) is 5. The van der Waals surface area contributed by atoms with E-state index in [-0.39, 0.29) is 5.91 Å². The van der Waals surface area contributed by atoms with Gasteiger partial charge in [-0.15, -0.1) is 11.3 Å². The minimum Gasteiger partial charge on any atom is -0.381 e. The molecule has 1 aliphatic heterocycles. The van der Waals surface area contributed by atoms with Gasteiger partial charge in [-0.3, -0.25) is 4.79 Å². The van der Waals surface area contributed by atoms with Gasteiger partial charge in [-0.25, -0.2) is 4.98 Å². The maximum Gasteiger partial charge on any atom is 0.232 e. The van der Waals surface area contributed by atoms with Crippen LogP contribution in [-0.2, 0) is 16.0 Å². The molecule has 2 aromatic carbocycles. The highest BCUT2D eigenvalue weighted by Gasteiger charge is 2.38. The summed E-state index contributed by atoms with van der Waals surface area (Å²) in [6.45, 7) is 1.52. The minimum absolute atomic E-state index is 0.00720. The number of nitrogens with two attached hydrogens (primary N) is 1. The number of carbonyl (C=O) groups is 1. The first-order chi connectivity index (χ1) is 13.2. The first-order valence-corrected chi connectivity index (χ1v) is 10.0. The van der Waals surface area contributed by atoms with Crippen LogP contribution in [0.1, 0.15) is 23.4 Å². The Morgan fingerprint density at radius 2 is 1.89 bits per heavy atom. The summed E-state index contributed by atoms with van der Waals surface area (Å²) in [4.78, 5) is 17.4. The normalized spacial score (nSPS) is 16.3. The van der Waals surface area contributed by atoms with Crippen molar-refractivity contribution in [1.29, 1.82) is 0 Å². The molecule has 3 aromatic rings. The molecule has 1 amide bonds. The molecule has 1 saturated heterocycles. The van der Waals surface area contributed by atoms with Crippen molar-refractivity contribution in [2.75, 3.05) is 25.1 Å². The highest BCUT2D eigenvalue weighted by atomic mass is 32.1. The lowest BCUT2D eigenvalue weighted by Gasteiger charge is -2.34. The van der Waals surface area contributed by atoms with Gasteiger partial charge in [-0.1, -0.05) is 24.3 Å². The number of anilines is 1. The molecular weight excluding hydrogens is 358 g/mol. The predicted octanol–water partition coefficient (Wildman–Crippen LogP) is 3.58. The molecule has 0 radical (unpaired) electrons. The van der Waals surface area contributed by atoms with E-state index in [1.807, 2.05) is 42.5 Å². The molecule has 0 spiro atoms. The largest absolute Gasteiger partial charge is 0.381 e. The Labute approximate surface area is 162 Å². The summed E-state index contributed by atoms with van der Waals surface area (Å²) in [6.07, 6.45) is 2.13. The Hall–Kier alpha value is -2.28. The second-order valence-corrected chi connectivity index (χ2v) is 8.12. The highest BCUT2D eigenvalue weighted by molar-refractivity contribution is 7.18. The molecule has 2 heterocycles.